The Morgan fingerprint density at radius 2 is 2.20 bits per heavy atom. The molecule has 90 valence electrons. The van der Waals surface area contributed by atoms with E-state index in [1.54, 1.807) is 0 Å². The van der Waals surface area contributed by atoms with Gasteiger partial charge in [-0.25, -0.2) is 0 Å². The summed E-state index contributed by atoms with van der Waals surface area (Å²) in [6.07, 6.45) is 5.51. The van der Waals surface area contributed by atoms with E-state index in [1.807, 2.05) is 0 Å². The van der Waals surface area contributed by atoms with Crippen LogP contribution in [0.1, 0.15) is 39.5 Å². The molecule has 0 aromatic heterocycles. The lowest BCUT2D eigenvalue weighted by Gasteiger charge is -2.27. The molecule has 0 aliphatic carbocycles. The fraction of sp³-hybridized carbons (Fsp3) is 1.00. The summed E-state index contributed by atoms with van der Waals surface area (Å²) in [7, 11) is 2.27. The molecule has 1 unspecified atom stereocenters. The van der Waals surface area contributed by atoms with Crippen molar-refractivity contribution in [1.82, 2.24) is 10.2 Å². The molecule has 1 heterocycles. The smallest absolute Gasteiger partial charge is 0.00187 e. The maximum atomic E-state index is 3.49. The molecule has 0 amide bonds. The molecule has 1 saturated heterocycles. The first-order valence-electron chi connectivity index (χ1n) is 6.57. The number of hydrogen-bond donors (Lipinski definition) is 1. The van der Waals surface area contributed by atoms with Crippen LogP contribution in [0.4, 0.5) is 0 Å². The topological polar surface area (TPSA) is 15.3 Å². The van der Waals surface area contributed by atoms with Gasteiger partial charge in [-0.2, -0.15) is 0 Å². The van der Waals surface area contributed by atoms with Gasteiger partial charge in [0.1, 0.15) is 0 Å². The van der Waals surface area contributed by atoms with E-state index in [0.717, 1.165) is 11.8 Å². The number of nitrogens with one attached hydrogen (secondary N) is 1. The van der Waals surface area contributed by atoms with E-state index in [4.69, 9.17) is 0 Å². The van der Waals surface area contributed by atoms with Gasteiger partial charge in [-0.05, 0) is 64.2 Å². The lowest BCUT2D eigenvalue weighted by atomic mass is 9.99. The van der Waals surface area contributed by atoms with Crippen molar-refractivity contribution in [2.75, 3.05) is 33.2 Å². The molecule has 15 heavy (non-hydrogen) atoms. The standard InChI is InChI=1S/C13H28N2/c1-12(2)6-5-9-15(3)11-13-7-4-8-14-10-13/h12-14H,4-11H2,1-3H3. The van der Waals surface area contributed by atoms with Crippen molar-refractivity contribution in [1.29, 1.82) is 0 Å². The molecular weight excluding hydrogens is 184 g/mol. The van der Waals surface area contributed by atoms with E-state index in [-0.39, 0.29) is 0 Å². The van der Waals surface area contributed by atoms with Crippen LogP contribution in [-0.2, 0) is 0 Å². The summed E-state index contributed by atoms with van der Waals surface area (Å²) in [4.78, 5) is 2.51. The Bertz CT molecular complexity index is 151. The van der Waals surface area contributed by atoms with Gasteiger partial charge in [0.15, 0.2) is 0 Å². The van der Waals surface area contributed by atoms with E-state index in [1.165, 1.54) is 51.9 Å². The van der Waals surface area contributed by atoms with Crippen molar-refractivity contribution < 1.29 is 0 Å². The van der Waals surface area contributed by atoms with Crippen LogP contribution < -0.4 is 5.32 Å². The Labute approximate surface area is 95.4 Å². The average molecular weight is 212 g/mol. The Morgan fingerprint density at radius 1 is 1.40 bits per heavy atom. The minimum atomic E-state index is 0.856. The molecule has 2 heteroatoms. The first kappa shape index (κ1) is 13.0. The third-order valence-corrected chi connectivity index (χ3v) is 3.29. The van der Waals surface area contributed by atoms with Gasteiger partial charge in [0.05, 0.1) is 0 Å². The van der Waals surface area contributed by atoms with E-state index in [9.17, 15) is 0 Å². The summed E-state index contributed by atoms with van der Waals surface area (Å²) < 4.78 is 0. The first-order valence-corrected chi connectivity index (χ1v) is 6.57. The number of rotatable bonds is 6. The van der Waals surface area contributed by atoms with Crippen molar-refractivity contribution in [3.8, 4) is 0 Å². The zero-order chi connectivity index (χ0) is 11.1. The van der Waals surface area contributed by atoms with Crippen LogP contribution in [0.15, 0.2) is 0 Å². The van der Waals surface area contributed by atoms with Crippen molar-refractivity contribution in [2.24, 2.45) is 11.8 Å². The summed E-state index contributed by atoms with van der Waals surface area (Å²) >= 11 is 0. The fourth-order valence-electron chi connectivity index (χ4n) is 2.38. The average Bonchev–Trinajstić information content (AvgIpc) is 2.18. The van der Waals surface area contributed by atoms with Crippen LogP contribution in [0, 0.1) is 11.8 Å². The minimum absolute atomic E-state index is 0.856. The second-order valence-electron chi connectivity index (χ2n) is 5.51. The second kappa shape index (κ2) is 7.24. The van der Waals surface area contributed by atoms with Crippen molar-refractivity contribution in [2.45, 2.75) is 39.5 Å². The summed E-state index contributed by atoms with van der Waals surface area (Å²) in [5.74, 6) is 1.75. The largest absolute Gasteiger partial charge is 0.316 e. The first-order chi connectivity index (χ1) is 7.18. The lowest BCUT2D eigenvalue weighted by molar-refractivity contribution is 0.237. The van der Waals surface area contributed by atoms with Crippen LogP contribution in [0.3, 0.4) is 0 Å². The monoisotopic (exact) mass is 212 g/mol. The molecule has 0 aromatic rings. The molecule has 1 atom stereocenters. The van der Waals surface area contributed by atoms with Crippen LogP contribution >= 0.6 is 0 Å². The molecule has 0 saturated carbocycles. The van der Waals surface area contributed by atoms with Crippen LogP contribution in [0.2, 0.25) is 0 Å². The minimum Gasteiger partial charge on any atom is -0.316 e. The van der Waals surface area contributed by atoms with Crippen LogP contribution in [0.25, 0.3) is 0 Å². The molecule has 1 aliphatic rings. The lowest BCUT2D eigenvalue weighted by Crippen LogP contribution is -2.37. The molecular formula is C13H28N2. The number of nitrogens with zero attached hydrogens (tertiary/aromatic N) is 1. The predicted molar refractivity (Wildman–Crippen MR) is 67.2 cm³/mol. The Balaban J connectivity index is 2.03. The number of piperidine rings is 1. The van der Waals surface area contributed by atoms with E-state index in [2.05, 4.69) is 31.1 Å². The third kappa shape index (κ3) is 6.16. The SMILES string of the molecule is CC(C)CCCN(C)CC1CCCNC1. The molecule has 0 bridgehead atoms. The molecule has 0 spiro atoms. The fourth-order valence-corrected chi connectivity index (χ4v) is 2.38. The zero-order valence-corrected chi connectivity index (χ0v) is 10.8. The summed E-state index contributed by atoms with van der Waals surface area (Å²) in [5, 5.41) is 3.49. The molecule has 0 radical (unpaired) electrons. The maximum Gasteiger partial charge on any atom is 0.00187 e. The molecule has 1 fully saturated rings. The predicted octanol–water partition coefficient (Wildman–Crippen LogP) is 2.35. The van der Waals surface area contributed by atoms with Gasteiger partial charge in [-0.1, -0.05) is 13.8 Å². The quantitative estimate of drug-likeness (QED) is 0.727. The normalized spacial score (nSPS) is 22.6. The van der Waals surface area contributed by atoms with Gasteiger partial charge in [0, 0.05) is 6.54 Å². The Kier molecular flexibility index (Phi) is 6.26. The van der Waals surface area contributed by atoms with Gasteiger partial charge in [-0.15, -0.1) is 0 Å². The molecule has 0 aromatic carbocycles. The van der Waals surface area contributed by atoms with Gasteiger partial charge in [0.2, 0.25) is 0 Å². The molecule has 1 aliphatic heterocycles. The Morgan fingerprint density at radius 3 is 2.80 bits per heavy atom. The highest BCUT2D eigenvalue weighted by Crippen LogP contribution is 2.12. The van der Waals surface area contributed by atoms with Crippen molar-refractivity contribution in [3.05, 3.63) is 0 Å². The molecule has 1 N–H and O–H groups in total. The zero-order valence-electron chi connectivity index (χ0n) is 10.8. The van der Waals surface area contributed by atoms with Crippen LogP contribution in [-0.4, -0.2) is 38.1 Å². The summed E-state index contributed by atoms with van der Waals surface area (Å²) in [6, 6.07) is 0. The highest BCUT2D eigenvalue weighted by Gasteiger charge is 2.14. The van der Waals surface area contributed by atoms with E-state index < -0.39 is 0 Å². The van der Waals surface area contributed by atoms with Crippen molar-refractivity contribution >= 4 is 0 Å². The molecule has 1 rings (SSSR count). The van der Waals surface area contributed by atoms with Gasteiger partial charge >= 0.3 is 0 Å². The molecule has 2 nitrogen and oxygen atoms in total. The number of hydrogen-bond acceptors (Lipinski definition) is 2. The third-order valence-electron chi connectivity index (χ3n) is 3.29. The summed E-state index contributed by atoms with van der Waals surface area (Å²) in [5.41, 5.74) is 0. The van der Waals surface area contributed by atoms with Crippen LogP contribution in [0.5, 0.6) is 0 Å². The van der Waals surface area contributed by atoms with Gasteiger partial charge in [0.25, 0.3) is 0 Å². The van der Waals surface area contributed by atoms with E-state index in [0.29, 0.717) is 0 Å². The van der Waals surface area contributed by atoms with Gasteiger partial charge in [-0.3, -0.25) is 0 Å². The highest BCUT2D eigenvalue weighted by atomic mass is 15.1. The summed E-state index contributed by atoms with van der Waals surface area (Å²) in [6.45, 7) is 9.64. The second-order valence-corrected chi connectivity index (χ2v) is 5.51. The van der Waals surface area contributed by atoms with E-state index >= 15 is 0 Å². The van der Waals surface area contributed by atoms with Gasteiger partial charge < -0.3 is 10.2 Å². The Hall–Kier alpha value is -0.0800. The maximum absolute atomic E-state index is 3.49. The highest BCUT2D eigenvalue weighted by molar-refractivity contribution is 4.71. The van der Waals surface area contributed by atoms with Crippen molar-refractivity contribution in [3.63, 3.8) is 0 Å².